The SMILES string of the molecule is CC(C)(C)n1ccnc(NCc2cccnn2)c1=O. The third-order valence-corrected chi connectivity index (χ3v) is 2.63. The van der Waals surface area contributed by atoms with E-state index >= 15 is 0 Å². The molecule has 2 rings (SSSR count). The minimum atomic E-state index is -0.275. The van der Waals surface area contributed by atoms with E-state index in [1.165, 1.54) is 0 Å². The highest BCUT2D eigenvalue weighted by molar-refractivity contribution is 5.31. The van der Waals surface area contributed by atoms with Gasteiger partial charge in [-0.2, -0.15) is 10.2 Å². The molecule has 6 heteroatoms. The van der Waals surface area contributed by atoms with Crippen molar-refractivity contribution in [3.63, 3.8) is 0 Å². The van der Waals surface area contributed by atoms with Gasteiger partial charge in [-0.15, -0.1) is 0 Å². The number of anilines is 1. The molecule has 0 atom stereocenters. The maximum absolute atomic E-state index is 12.2. The van der Waals surface area contributed by atoms with Crippen molar-refractivity contribution in [1.82, 2.24) is 19.7 Å². The first kappa shape index (κ1) is 13.2. The second-order valence-electron chi connectivity index (χ2n) is 5.19. The van der Waals surface area contributed by atoms with Gasteiger partial charge in [0.1, 0.15) is 0 Å². The van der Waals surface area contributed by atoms with E-state index in [0.29, 0.717) is 12.4 Å². The van der Waals surface area contributed by atoms with Gasteiger partial charge in [-0.05, 0) is 32.9 Å². The van der Waals surface area contributed by atoms with Crippen molar-refractivity contribution in [2.45, 2.75) is 32.9 Å². The molecule has 19 heavy (non-hydrogen) atoms. The monoisotopic (exact) mass is 259 g/mol. The van der Waals surface area contributed by atoms with E-state index in [1.54, 1.807) is 29.2 Å². The van der Waals surface area contributed by atoms with Crippen molar-refractivity contribution in [3.05, 3.63) is 46.8 Å². The quantitative estimate of drug-likeness (QED) is 0.902. The molecule has 2 aromatic rings. The Kier molecular flexibility index (Phi) is 3.59. The smallest absolute Gasteiger partial charge is 0.293 e. The fourth-order valence-electron chi connectivity index (χ4n) is 1.66. The molecule has 0 aliphatic rings. The van der Waals surface area contributed by atoms with Gasteiger partial charge in [-0.25, -0.2) is 4.98 Å². The summed E-state index contributed by atoms with van der Waals surface area (Å²) in [4.78, 5) is 16.3. The van der Waals surface area contributed by atoms with Crippen LogP contribution >= 0.6 is 0 Å². The Hall–Kier alpha value is -2.24. The Balaban J connectivity index is 2.20. The number of nitrogens with one attached hydrogen (secondary N) is 1. The standard InChI is InChI=1S/C13H17N5O/c1-13(2,3)18-8-7-14-11(12(18)19)15-9-10-5-4-6-16-17-10/h4-8H,9H2,1-3H3,(H,14,15). The van der Waals surface area contributed by atoms with Gasteiger partial charge in [0.15, 0.2) is 5.82 Å². The molecule has 0 aromatic carbocycles. The molecule has 2 heterocycles. The molecule has 6 nitrogen and oxygen atoms in total. The van der Waals surface area contributed by atoms with Gasteiger partial charge >= 0.3 is 0 Å². The Morgan fingerprint density at radius 2 is 2.11 bits per heavy atom. The second kappa shape index (κ2) is 5.17. The van der Waals surface area contributed by atoms with Crippen LogP contribution < -0.4 is 10.9 Å². The predicted octanol–water partition coefficient (Wildman–Crippen LogP) is 1.40. The molecule has 0 aliphatic heterocycles. The highest BCUT2D eigenvalue weighted by Gasteiger charge is 2.16. The lowest BCUT2D eigenvalue weighted by atomic mass is 10.1. The maximum atomic E-state index is 12.2. The molecule has 0 bridgehead atoms. The molecule has 0 amide bonds. The number of hydrogen-bond acceptors (Lipinski definition) is 5. The first-order valence-corrected chi connectivity index (χ1v) is 6.07. The number of hydrogen-bond donors (Lipinski definition) is 1. The molecule has 0 radical (unpaired) electrons. The van der Waals surface area contributed by atoms with E-state index in [9.17, 15) is 4.79 Å². The van der Waals surface area contributed by atoms with Crippen LogP contribution in [0.15, 0.2) is 35.5 Å². The topological polar surface area (TPSA) is 72.7 Å². The minimum Gasteiger partial charge on any atom is -0.360 e. The second-order valence-corrected chi connectivity index (χ2v) is 5.19. The van der Waals surface area contributed by atoms with E-state index in [-0.39, 0.29) is 11.1 Å². The first-order valence-electron chi connectivity index (χ1n) is 6.07. The average molecular weight is 259 g/mol. The minimum absolute atomic E-state index is 0.140. The zero-order chi connectivity index (χ0) is 13.9. The Labute approximate surface area is 111 Å². The summed E-state index contributed by atoms with van der Waals surface area (Å²) < 4.78 is 1.65. The number of nitrogens with zero attached hydrogens (tertiary/aromatic N) is 4. The van der Waals surface area contributed by atoms with Crippen molar-refractivity contribution < 1.29 is 0 Å². The third kappa shape index (κ3) is 3.15. The van der Waals surface area contributed by atoms with Gasteiger partial charge in [-0.1, -0.05) is 0 Å². The van der Waals surface area contributed by atoms with Crippen LogP contribution in [0.4, 0.5) is 5.82 Å². The van der Waals surface area contributed by atoms with Crippen LogP contribution in [-0.4, -0.2) is 19.7 Å². The van der Waals surface area contributed by atoms with Crippen LogP contribution in [0.3, 0.4) is 0 Å². The summed E-state index contributed by atoms with van der Waals surface area (Å²) in [6, 6.07) is 3.64. The summed E-state index contributed by atoms with van der Waals surface area (Å²) >= 11 is 0. The molecular formula is C13H17N5O. The van der Waals surface area contributed by atoms with Gasteiger partial charge < -0.3 is 9.88 Å². The maximum Gasteiger partial charge on any atom is 0.293 e. The van der Waals surface area contributed by atoms with Gasteiger partial charge in [0.05, 0.1) is 12.2 Å². The van der Waals surface area contributed by atoms with Crippen LogP contribution in [0.25, 0.3) is 0 Å². The molecule has 0 aliphatic carbocycles. The van der Waals surface area contributed by atoms with Crippen molar-refractivity contribution in [2.75, 3.05) is 5.32 Å². The largest absolute Gasteiger partial charge is 0.360 e. The first-order chi connectivity index (χ1) is 8.98. The molecule has 0 unspecified atom stereocenters. The molecule has 1 N–H and O–H groups in total. The van der Waals surface area contributed by atoms with Crippen LogP contribution in [0.5, 0.6) is 0 Å². The molecule has 100 valence electrons. The summed E-state index contributed by atoms with van der Waals surface area (Å²) in [6.45, 7) is 6.34. The molecule has 0 saturated carbocycles. The summed E-state index contributed by atoms with van der Waals surface area (Å²) in [5.74, 6) is 0.322. The molecule has 0 spiro atoms. The predicted molar refractivity (Wildman–Crippen MR) is 72.9 cm³/mol. The Morgan fingerprint density at radius 3 is 2.74 bits per heavy atom. The summed E-state index contributed by atoms with van der Waals surface area (Å²) in [6.07, 6.45) is 4.92. The molecule has 2 aromatic heterocycles. The van der Waals surface area contributed by atoms with Gasteiger partial charge in [0.25, 0.3) is 5.56 Å². The van der Waals surface area contributed by atoms with E-state index in [4.69, 9.17) is 0 Å². The number of rotatable bonds is 3. The highest BCUT2D eigenvalue weighted by Crippen LogP contribution is 2.10. The number of aromatic nitrogens is 4. The van der Waals surface area contributed by atoms with Gasteiger partial charge in [0, 0.05) is 24.1 Å². The fourth-order valence-corrected chi connectivity index (χ4v) is 1.66. The van der Waals surface area contributed by atoms with Crippen molar-refractivity contribution >= 4 is 5.82 Å². The zero-order valence-electron chi connectivity index (χ0n) is 11.3. The van der Waals surface area contributed by atoms with E-state index in [1.807, 2.05) is 26.8 Å². The van der Waals surface area contributed by atoms with Crippen LogP contribution in [0.1, 0.15) is 26.5 Å². The Morgan fingerprint density at radius 1 is 1.32 bits per heavy atom. The normalized spacial score (nSPS) is 11.3. The summed E-state index contributed by atoms with van der Waals surface area (Å²) in [5.41, 5.74) is 0.344. The van der Waals surface area contributed by atoms with Crippen molar-refractivity contribution in [3.8, 4) is 0 Å². The van der Waals surface area contributed by atoms with Crippen molar-refractivity contribution in [2.24, 2.45) is 0 Å². The van der Waals surface area contributed by atoms with E-state index < -0.39 is 0 Å². The van der Waals surface area contributed by atoms with E-state index in [2.05, 4.69) is 20.5 Å². The van der Waals surface area contributed by atoms with Crippen LogP contribution in [0, 0.1) is 0 Å². The molecular weight excluding hydrogens is 242 g/mol. The molecule has 0 saturated heterocycles. The van der Waals surface area contributed by atoms with Crippen LogP contribution in [0.2, 0.25) is 0 Å². The molecule has 0 fully saturated rings. The summed E-state index contributed by atoms with van der Waals surface area (Å²) in [5, 5.41) is 10.7. The lowest BCUT2D eigenvalue weighted by molar-refractivity contribution is 0.383. The summed E-state index contributed by atoms with van der Waals surface area (Å²) in [7, 11) is 0. The van der Waals surface area contributed by atoms with Gasteiger partial charge in [0.2, 0.25) is 0 Å². The van der Waals surface area contributed by atoms with E-state index in [0.717, 1.165) is 5.69 Å². The average Bonchev–Trinajstić information content (AvgIpc) is 2.37. The Bertz CT molecular complexity index is 600. The highest BCUT2D eigenvalue weighted by atomic mass is 16.1. The fraction of sp³-hybridized carbons (Fsp3) is 0.385. The van der Waals surface area contributed by atoms with Crippen LogP contribution in [-0.2, 0) is 12.1 Å². The third-order valence-electron chi connectivity index (χ3n) is 2.63. The lowest BCUT2D eigenvalue weighted by Gasteiger charge is -2.22. The van der Waals surface area contributed by atoms with Gasteiger partial charge in [-0.3, -0.25) is 4.79 Å². The lowest BCUT2D eigenvalue weighted by Crippen LogP contribution is -2.35. The van der Waals surface area contributed by atoms with Crippen molar-refractivity contribution in [1.29, 1.82) is 0 Å². The zero-order valence-corrected chi connectivity index (χ0v) is 11.3.